The Hall–Kier alpha value is -10.3. The lowest BCUT2D eigenvalue weighted by atomic mass is 9.81. The molecule has 10 aromatic heterocycles. The molecule has 0 amide bonds. The van der Waals surface area contributed by atoms with E-state index in [0.717, 1.165) is 157 Å². The predicted octanol–water partition coefficient (Wildman–Crippen LogP) is 29.7. The molecular weight excluding hydrogens is 2220 g/mol. The second-order valence-corrected chi connectivity index (χ2v) is 42.3. The lowest BCUT2D eigenvalue weighted by molar-refractivity contribution is 0.424. The molecule has 0 aliphatic carbocycles. The van der Waals surface area contributed by atoms with Crippen LogP contribution >= 0.6 is 198 Å². The number of rotatable bonds is 12. The molecule has 0 aliphatic rings. The van der Waals surface area contributed by atoms with E-state index in [1.807, 2.05) is 150 Å². The van der Waals surface area contributed by atoms with Gasteiger partial charge in [0.05, 0.1) is 99.1 Å². The van der Waals surface area contributed by atoms with Crippen LogP contribution in [-0.4, -0.2) is 98.3 Å². The molecule has 10 heterocycles. The predicted molar refractivity (Wildman–Crippen MR) is 606 cm³/mol. The van der Waals surface area contributed by atoms with Crippen LogP contribution in [0.25, 0.3) is 116 Å². The number of aromatic nitrogens is 10. The molecule has 0 saturated heterocycles. The van der Waals surface area contributed by atoms with Crippen molar-refractivity contribution in [2.45, 2.75) is 45.9 Å². The fourth-order valence-corrected chi connectivity index (χ4v) is 22.6. The first-order valence-electron chi connectivity index (χ1n) is 42.2. The molecule has 0 fully saturated rings. The number of benzene rings is 12. The third-order valence-electron chi connectivity index (χ3n) is 20.5. The van der Waals surface area contributed by atoms with Crippen molar-refractivity contribution in [2.24, 2.45) is 0 Å². The molecule has 8 N–H and O–H groups in total. The summed E-state index contributed by atoms with van der Waals surface area (Å²) in [6, 6.07) is 79.5. The lowest BCUT2D eigenvalue weighted by Gasteiger charge is -2.12. The van der Waals surface area contributed by atoms with E-state index in [-0.39, 0.29) is 17.9 Å². The van der Waals surface area contributed by atoms with Gasteiger partial charge in [-0.2, -0.15) is 8.78 Å². The van der Waals surface area contributed by atoms with Crippen molar-refractivity contribution in [3.05, 3.63) is 391 Å². The monoisotopic (exact) mass is 2300 g/mol. The van der Waals surface area contributed by atoms with Crippen LogP contribution < -0.4 is 27.3 Å². The normalized spacial score (nSPS) is 10.7. The van der Waals surface area contributed by atoms with Gasteiger partial charge < -0.3 is 36.5 Å². The van der Waals surface area contributed by atoms with Crippen LogP contribution in [0.1, 0.15) is 50.1 Å². The molecule has 0 radical (unpaired) electrons. The molecule has 0 saturated carbocycles. The van der Waals surface area contributed by atoms with Crippen molar-refractivity contribution in [1.82, 2.24) is 49.8 Å². The van der Waals surface area contributed by atoms with E-state index in [2.05, 4.69) is 228 Å². The van der Waals surface area contributed by atoms with Crippen LogP contribution in [0.3, 0.4) is 0 Å². The minimum Gasteiger partial charge on any atom is -0.423 e. The van der Waals surface area contributed by atoms with Crippen LogP contribution in [0.4, 0.5) is 24.9 Å². The van der Waals surface area contributed by atoms with Gasteiger partial charge in [0.1, 0.15) is 5.82 Å². The number of fused-ring (bicyclic) bond motifs is 7. The third-order valence-corrected chi connectivity index (χ3v) is 29.1. The first kappa shape index (κ1) is 107. The highest BCUT2D eigenvalue weighted by atomic mass is 79.9. The van der Waals surface area contributed by atoms with Crippen molar-refractivity contribution in [3.8, 4) is 44.5 Å². The summed E-state index contributed by atoms with van der Waals surface area (Å²) in [6.07, 6.45) is 6.12. The zero-order chi connectivity index (χ0) is 98.5. The number of hydrogen-bond donors (Lipinski definition) is 6. The van der Waals surface area contributed by atoms with Crippen LogP contribution in [-0.2, 0) is 18.2 Å². The van der Waals surface area contributed by atoms with Crippen molar-refractivity contribution < 1.29 is 28.9 Å². The summed E-state index contributed by atoms with van der Waals surface area (Å²) in [4.78, 5) is 44.0. The van der Waals surface area contributed by atoms with Crippen LogP contribution in [0.2, 0.25) is 25.1 Å². The zero-order valence-corrected chi connectivity index (χ0v) is 90.0. The van der Waals surface area contributed by atoms with E-state index >= 15 is 0 Å². The van der Waals surface area contributed by atoms with Crippen molar-refractivity contribution >= 4 is 310 Å². The number of nitrogen functional groups attached to an aromatic ring is 2. The smallest absolute Gasteiger partial charge is 0.423 e. The summed E-state index contributed by atoms with van der Waals surface area (Å²) >= 11 is 51.8. The summed E-state index contributed by atoms with van der Waals surface area (Å²) in [5.74, 6) is -0.132. The van der Waals surface area contributed by atoms with Gasteiger partial charge in [-0.05, 0) is 314 Å². The second-order valence-electron chi connectivity index (χ2n) is 31.3. The number of pyridine rings is 3. The van der Waals surface area contributed by atoms with Crippen molar-refractivity contribution in [1.29, 1.82) is 0 Å². The lowest BCUT2D eigenvalue weighted by Crippen LogP contribution is -2.30. The fraction of sp³-hybridized carbons (Fsp3) is 0.0874. The Morgan fingerprint density at radius 3 is 1.13 bits per heavy atom. The Morgan fingerprint density at radius 1 is 0.343 bits per heavy atom. The molecule has 37 heteroatoms. The molecule has 22 aromatic rings. The van der Waals surface area contributed by atoms with Gasteiger partial charge in [0.15, 0.2) is 10.3 Å². The van der Waals surface area contributed by atoms with Crippen LogP contribution in [0, 0.1) is 39.6 Å². The number of halogens is 11. The highest BCUT2D eigenvalue weighted by Crippen LogP contribution is 2.40. The van der Waals surface area contributed by atoms with E-state index < -0.39 is 26.1 Å². The standard InChI is InChI=1S/C21H18ClN3S.C19H12ClFN2S.C14H9BrClNS.C14H10ClNS.C8H7BrN2S.C8H6BrNS.C8H8N2S.C6H6BClO2.C5H5BFNO2.ClH/c1-25(2)20-7-6-14(12-23-20)8-15-9-18(16-4-3-5-17(22)11-16)21-19(10-15)26-13-24-21;20-15-3-1-2-14(9-15)16-7-13(8-17-19(16)23-11-24-17)6-12-4-5-18(21)22-10-12;15-7-9-4-12(10-2-1-3-11(16)6-10)14-13(5-9)18-8-17-14;1-9-5-12(10-3-2-4-11(15)7-10)14-13(6-9)17-8-16-14;1-4-2-5(9)7-6(3-4)12-8(10)11-7;1-5-2-6(9)8-7(3-5)11-4-10-8;1-5-2-3-6-7(4-5)11-8(9)10-6;8-6-3-1-2-5(4-6)7(9)10;7-5-2-1-4(3-8-5)6(9)10;/h3-7,9-13H,8H2,1-2H3;1-5,7-11H,6H2;1-6,8H,7H2;2-8H,1H3;2-3H,1H3,(H2,10,11);2-4H,1H3;2-4H,1H3,(H2,9,10);1-4,9-10H;1-3,9-10H;1H. The quantitative estimate of drug-likeness (QED) is 0.0377. The average molecular weight is 2300 g/mol. The Balaban J connectivity index is 0.000000135. The summed E-state index contributed by atoms with van der Waals surface area (Å²) in [6.45, 7) is 8.31. The zero-order valence-electron chi connectivity index (χ0n) is 75.0. The number of hydrogen-bond acceptors (Lipinski definition) is 24. The van der Waals surface area contributed by atoms with E-state index in [4.69, 9.17) is 89.6 Å². The topological polar surface area (TPSA) is 265 Å². The number of thiazole rings is 7. The largest absolute Gasteiger partial charge is 0.490 e. The van der Waals surface area contributed by atoms with Gasteiger partial charge in [0, 0.05) is 99.8 Å². The minimum absolute atomic E-state index is 0. The molecule has 0 bridgehead atoms. The van der Waals surface area contributed by atoms with Crippen molar-refractivity contribution in [3.63, 3.8) is 0 Å². The molecule has 0 atom stereocenters. The molecule has 0 unspecified atom stereocenters. The van der Waals surface area contributed by atoms with Gasteiger partial charge in [-0.1, -0.05) is 182 Å². The van der Waals surface area contributed by atoms with Crippen LogP contribution in [0.5, 0.6) is 0 Å². The second kappa shape index (κ2) is 51.1. The molecule has 12 aromatic carbocycles. The summed E-state index contributed by atoms with van der Waals surface area (Å²) in [5, 5.41) is 39.9. The van der Waals surface area contributed by atoms with E-state index in [1.54, 1.807) is 87.1 Å². The third kappa shape index (κ3) is 29.7. The molecular formula is C103H82B2Br3Cl6F2N13O4S7. The minimum atomic E-state index is -1.58. The van der Waals surface area contributed by atoms with Gasteiger partial charge in [-0.3, -0.25) is 0 Å². The maximum absolute atomic E-state index is 13.0. The number of nitrogens with two attached hydrogens (primary N) is 2. The molecule has 17 nitrogen and oxygen atoms in total. The summed E-state index contributed by atoms with van der Waals surface area (Å²) in [7, 11) is 0.986. The number of aryl methyl sites for hydroxylation is 4. The molecule has 0 spiro atoms. The Bertz CT molecular complexity index is 7970. The Labute approximate surface area is 891 Å². The Kier molecular flexibility index (Phi) is 39.1. The van der Waals surface area contributed by atoms with Crippen LogP contribution in [0.15, 0.2) is 304 Å². The van der Waals surface area contributed by atoms with Gasteiger partial charge in [0.2, 0.25) is 11.9 Å². The first-order chi connectivity index (χ1) is 66.9. The maximum Gasteiger partial charge on any atom is 0.490 e. The summed E-state index contributed by atoms with van der Waals surface area (Å²) < 4.78 is 35.5. The maximum atomic E-state index is 13.0. The highest BCUT2D eigenvalue weighted by Gasteiger charge is 2.18. The number of alkyl halides is 1. The van der Waals surface area contributed by atoms with E-state index in [1.165, 1.54) is 103 Å². The first-order valence-corrected chi connectivity index (χ1v) is 52.8. The van der Waals surface area contributed by atoms with Gasteiger partial charge >= 0.3 is 14.2 Å². The fourth-order valence-electron chi connectivity index (χ4n) is 14.2. The van der Waals surface area contributed by atoms with Crippen molar-refractivity contribution in [2.75, 3.05) is 30.5 Å². The molecule has 140 heavy (non-hydrogen) atoms. The average Bonchev–Trinajstić information content (AvgIpc) is 1.64. The van der Waals surface area contributed by atoms with E-state index in [9.17, 15) is 8.78 Å². The Morgan fingerprint density at radius 2 is 0.714 bits per heavy atom. The number of anilines is 3. The highest BCUT2D eigenvalue weighted by molar-refractivity contribution is 9.11. The summed E-state index contributed by atoms with van der Waals surface area (Å²) in [5.41, 5.74) is 47.9. The SMILES string of the molecule is CN(C)c1ccc(Cc2cc(-c3cccc(Cl)c3)c3ncsc3c2)cn1.Cc1cc(-c2cccc(Cl)c2)c2ncsc2c1.Cc1cc(Br)c2nc(N)sc2c1.Cc1cc(Br)c2ncsc2c1.Cc1ccc2nc(N)sc2c1.Cl.Clc1cccc(-c2cc(CBr)cc3scnc23)c1.Fc1ccc(Cc2cc(-c3cccc(Cl)c3)c3ncsc3c2)cn1.OB(O)c1ccc(F)nc1.OB(O)c1cccc(Cl)c1. The van der Waals surface area contributed by atoms with Gasteiger partial charge in [0.25, 0.3) is 0 Å². The molecule has 22 rings (SSSR count). The number of nitrogens with zero attached hydrogens (tertiary/aromatic N) is 11. The molecule has 0 aliphatic heterocycles. The molecule has 708 valence electrons. The van der Waals surface area contributed by atoms with E-state index in [0.29, 0.717) is 32.2 Å². The van der Waals surface area contributed by atoms with Gasteiger partial charge in [-0.15, -0.1) is 69.1 Å². The van der Waals surface area contributed by atoms with Gasteiger partial charge in [-0.25, -0.2) is 49.8 Å².